The Hall–Kier alpha value is -2.80. The summed E-state index contributed by atoms with van der Waals surface area (Å²) in [4.78, 5) is 39.3. The minimum atomic E-state index is -0.344. The predicted molar refractivity (Wildman–Crippen MR) is 119 cm³/mol. The Kier molecular flexibility index (Phi) is 5.81. The van der Waals surface area contributed by atoms with Crippen LogP contribution in [0.25, 0.3) is 0 Å². The Labute approximate surface area is 187 Å². The second kappa shape index (κ2) is 8.52. The number of rotatable bonds is 5. The number of thioether (sulfide) groups is 1. The molecule has 0 aliphatic carbocycles. The van der Waals surface area contributed by atoms with Gasteiger partial charge in [-0.05, 0) is 54.6 Å². The summed E-state index contributed by atoms with van der Waals surface area (Å²) in [5.74, 6) is -0.708. The Morgan fingerprint density at radius 2 is 1.53 bits per heavy atom. The van der Waals surface area contributed by atoms with Crippen molar-refractivity contribution >= 4 is 58.4 Å². The van der Waals surface area contributed by atoms with Crippen LogP contribution < -0.4 is 5.32 Å². The summed E-state index contributed by atoms with van der Waals surface area (Å²) in [5, 5.41) is 3.50. The first-order chi connectivity index (χ1) is 14.4. The maximum Gasteiger partial charge on any atom is 0.262 e. The van der Waals surface area contributed by atoms with Gasteiger partial charge in [-0.3, -0.25) is 19.3 Å². The summed E-state index contributed by atoms with van der Waals surface area (Å²) in [5.41, 5.74) is 1.78. The summed E-state index contributed by atoms with van der Waals surface area (Å²) < 4.78 is 0. The molecule has 1 aliphatic heterocycles. The molecule has 3 aromatic rings. The number of carbonyl (C=O) groups excluding carboxylic acids is 3. The van der Waals surface area contributed by atoms with E-state index in [1.165, 1.54) is 22.7 Å². The average Bonchev–Trinajstić information content (AvgIpc) is 2.98. The lowest BCUT2D eigenvalue weighted by Gasteiger charge is -2.13. The van der Waals surface area contributed by atoms with E-state index in [2.05, 4.69) is 5.32 Å². The topological polar surface area (TPSA) is 66.5 Å². The largest absolute Gasteiger partial charge is 0.322 e. The average molecular weight is 457 g/mol. The van der Waals surface area contributed by atoms with Gasteiger partial charge in [-0.25, -0.2) is 0 Å². The molecule has 5 nitrogen and oxygen atoms in total. The third-order valence-corrected chi connectivity index (χ3v) is 6.07. The minimum Gasteiger partial charge on any atom is -0.322 e. The monoisotopic (exact) mass is 456 g/mol. The number of fused-ring (bicyclic) bond motifs is 1. The van der Waals surface area contributed by atoms with Crippen LogP contribution in [0.15, 0.2) is 71.6 Å². The van der Waals surface area contributed by atoms with Crippen molar-refractivity contribution in [2.45, 2.75) is 4.90 Å². The van der Waals surface area contributed by atoms with E-state index >= 15 is 0 Å². The van der Waals surface area contributed by atoms with Gasteiger partial charge in [0, 0.05) is 15.6 Å². The molecule has 1 N–H and O–H groups in total. The molecule has 4 rings (SSSR count). The van der Waals surface area contributed by atoms with Gasteiger partial charge in [0.05, 0.1) is 27.6 Å². The fraction of sp³-hybridized carbons (Fsp3) is 0.0455. The summed E-state index contributed by atoms with van der Waals surface area (Å²) in [6.45, 7) is 0. The van der Waals surface area contributed by atoms with Crippen molar-refractivity contribution in [3.63, 3.8) is 0 Å². The molecular formula is C22H14Cl2N2O3S. The van der Waals surface area contributed by atoms with Gasteiger partial charge in [0.25, 0.3) is 17.7 Å². The van der Waals surface area contributed by atoms with Crippen LogP contribution in [-0.4, -0.2) is 28.5 Å². The van der Waals surface area contributed by atoms with E-state index in [1.807, 2.05) is 12.1 Å². The third kappa shape index (κ3) is 4.07. The van der Waals surface area contributed by atoms with Crippen LogP contribution in [0.2, 0.25) is 10.0 Å². The maximum atomic E-state index is 12.4. The lowest BCUT2D eigenvalue weighted by Crippen LogP contribution is -2.29. The number of halogens is 2. The lowest BCUT2D eigenvalue weighted by atomic mass is 10.1. The van der Waals surface area contributed by atoms with Gasteiger partial charge < -0.3 is 5.32 Å². The number of anilines is 1. The molecule has 0 bridgehead atoms. The SMILES string of the molecule is O=C(Nc1ccc(SCN2C(=O)c3ccccc3C2=O)cc1)c1ccc(Cl)cc1Cl. The number of hydrogen-bond donors (Lipinski definition) is 1. The highest BCUT2D eigenvalue weighted by atomic mass is 35.5. The molecule has 0 atom stereocenters. The summed E-state index contributed by atoms with van der Waals surface area (Å²) in [6, 6.07) is 18.6. The fourth-order valence-electron chi connectivity index (χ4n) is 3.00. The molecule has 1 heterocycles. The maximum absolute atomic E-state index is 12.4. The number of nitrogens with one attached hydrogen (secondary N) is 1. The molecule has 150 valence electrons. The van der Waals surface area contributed by atoms with Gasteiger partial charge in [-0.1, -0.05) is 35.3 Å². The van der Waals surface area contributed by atoms with Crippen molar-refractivity contribution in [1.29, 1.82) is 0 Å². The van der Waals surface area contributed by atoms with Crippen molar-refractivity contribution in [3.8, 4) is 0 Å². The van der Waals surface area contributed by atoms with Gasteiger partial charge in [-0.15, -0.1) is 11.8 Å². The van der Waals surface area contributed by atoms with Crippen LogP contribution in [0.1, 0.15) is 31.1 Å². The van der Waals surface area contributed by atoms with Gasteiger partial charge in [0.2, 0.25) is 0 Å². The molecule has 0 spiro atoms. The second-order valence-corrected chi connectivity index (χ2v) is 8.32. The molecule has 30 heavy (non-hydrogen) atoms. The Balaban J connectivity index is 1.38. The molecule has 0 aromatic heterocycles. The molecular weight excluding hydrogens is 443 g/mol. The van der Waals surface area contributed by atoms with E-state index in [9.17, 15) is 14.4 Å². The van der Waals surface area contributed by atoms with Crippen LogP contribution in [0.3, 0.4) is 0 Å². The number of nitrogens with zero attached hydrogens (tertiary/aromatic N) is 1. The van der Waals surface area contributed by atoms with Crippen LogP contribution in [0.4, 0.5) is 5.69 Å². The van der Waals surface area contributed by atoms with Crippen LogP contribution >= 0.6 is 35.0 Å². The number of carbonyl (C=O) groups is 3. The van der Waals surface area contributed by atoms with E-state index in [4.69, 9.17) is 23.2 Å². The van der Waals surface area contributed by atoms with Gasteiger partial charge >= 0.3 is 0 Å². The van der Waals surface area contributed by atoms with Crippen molar-refractivity contribution in [3.05, 3.63) is 93.5 Å². The van der Waals surface area contributed by atoms with E-state index < -0.39 is 0 Å². The highest BCUT2D eigenvalue weighted by Crippen LogP contribution is 2.28. The molecule has 0 fully saturated rings. The highest BCUT2D eigenvalue weighted by molar-refractivity contribution is 7.99. The molecule has 0 radical (unpaired) electrons. The normalized spacial score (nSPS) is 12.8. The van der Waals surface area contributed by atoms with Crippen molar-refractivity contribution in [1.82, 2.24) is 4.90 Å². The second-order valence-electron chi connectivity index (χ2n) is 6.46. The first-order valence-corrected chi connectivity index (χ1v) is 10.6. The molecule has 3 amide bonds. The zero-order valence-corrected chi connectivity index (χ0v) is 17.7. The zero-order valence-electron chi connectivity index (χ0n) is 15.4. The van der Waals surface area contributed by atoms with Crippen molar-refractivity contribution in [2.24, 2.45) is 0 Å². The van der Waals surface area contributed by atoms with Crippen molar-refractivity contribution < 1.29 is 14.4 Å². The first kappa shape index (κ1) is 20.5. The summed E-state index contributed by atoms with van der Waals surface area (Å²) in [7, 11) is 0. The quantitative estimate of drug-likeness (QED) is 0.401. The Morgan fingerprint density at radius 3 is 2.13 bits per heavy atom. The highest BCUT2D eigenvalue weighted by Gasteiger charge is 2.34. The third-order valence-electron chi connectivity index (χ3n) is 4.53. The molecule has 0 saturated heterocycles. The lowest BCUT2D eigenvalue weighted by molar-refractivity contribution is 0.0683. The number of hydrogen-bond acceptors (Lipinski definition) is 4. The molecule has 0 saturated carbocycles. The molecule has 3 aromatic carbocycles. The van der Waals surface area contributed by atoms with E-state index in [1.54, 1.807) is 48.5 Å². The number of amides is 3. The van der Waals surface area contributed by atoms with E-state index in [-0.39, 0.29) is 28.6 Å². The summed E-state index contributed by atoms with van der Waals surface area (Å²) >= 11 is 13.3. The standard InChI is InChI=1S/C22H14Cl2N2O3S/c23-13-5-10-18(19(24)11-13)20(27)25-14-6-8-15(9-7-14)30-12-26-21(28)16-3-1-2-4-17(16)22(26)29/h1-11H,12H2,(H,25,27). The van der Waals surface area contributed by atoms with Crippen LogP contribution in [-0.2, 0) is 0 Å². The first-order valence-electron chi connectivity index (χ1n) is 8.88. The Morgan fingerprint density at radius 1 is 0.900 bits per heavy atom. The summed E-state index contributed by atoms with van der Waals surface area (Å²) in [6.07, 6.45) is 0. The smallest absolute Gasteiger partial charge is 0.262 e. The molecule has 1 aliphatic rings. The van der Waals surface area contributed by atoms with E-state index in [0.717, 1.165) is 4.90 Å². The van der Waals surface area contributed by atoms with E-state index in [0.29, 0.717) is 27.4 Å². The minimum absolute atomic E-state index is 0.207. The molecule has 0 unspecified atom stereocenters. The van der Waals surface area contributed by atoms with Gasteiger partial charge in [-0.2, -0.15) is 0 Å². The van der Waals surface area contributed by atoms with Gasteiger partial charge in [0.1, 0.15) is 0 Å². The van der Waals surface area contributed by atoms with Gasteiger partial charge in [0.15, 0.2) is 0 Å². The molecule has 8 heteroatoms. The Bertz CT molecular complexity index is 1130. The zero-order chi connectivity index (χ0) is 21.3. The number of benzene rings is 3. The van der Waals surface area contributed by atoms with Crippen molar-refractivity contribution in [2.75, 3.05) is 11.2 Å². The van der Waals surface area contributed by atoms with Crippen LogP contribution in [0.5, 0.6) is 0 Å². The predicted octanol–water partition coefficient (Wildman–Crippen LogP) is 5.59. The number of imide groups is 1. The fourth-order valence-corrected chi connectivity index (χ4v) is 4.34. The van der Waals surface area contributed by atoms with Crippen LogP contribution in [0, 0.1) is 0 Å².